The highest BCUT2D eigenvalue weighted by molar-refractivity contribution is 6.35. The smallest absolute Gasteiger partial charge is 0.419 e. The molecule has 0 spiro atoms. The quantitative estimate of drug-likeness (QED) is 0.334. The number of carbonyl (C=O) groups excluding carboxylic acids is 2. The minimum absolute atomic E-state index is 0.201. The molecule has 13 heteroatoms. The van der Waals surface area contributed by atoms with Gasteiger partial charge in [0.25, 0.3) is 5.56 Å². The minimum atomic E-state index is -0.783. The number of ether oxygens (including phenoxy) is 2. The maximum atomic E-state index is 13.9. The van der Waals surface area contributed by atoms with E-state index in [1.165, 1.54) is 21.1 Å². The molecule has 0 N–H and O–H groups in total. The van der Waals surface area contributed by atoms with Crippen LogP contribution in [0.2, 0.25) is 5.02 Å². The standard InChI is InChI=1S/C30H35ClN6O6/c1-29(2,3)42-27(40)35-13-12-17(15-35)23-32-24-22(33(23)7)25(38)36(26(39)34(24)8)16-18-14-19-20(31)10-9-11-21(19)37(18)28(41)43-30(4,5)6/h9-12,14H,13,15-16H2,1-8H3. The molecule has 0 atom stereocenters. The fraction of sp³-hybridized carbons (Fsp3) is 0.433. The van der Waals surface area contributed by atoms with E-state index in [1.807, 2.05) is 6.08 Å². The average molecular weight is 611 g/mol. The van der Waals surface area contributed by atoms with Crippen LogP contribution in [-0.2, 0) is 30.1 Å². The van der Waals surface area contributed by atoms with Crippen molar-refractivity contribution >= 4 is 51.4 Å². The second-order valence-electron chi connectivity index (χ2n) is 12.6. The number of fused-ring (bicyclic) bond motifs is 2. The first-order valence-electron chi connectivity index (χ1n) is 13.8. The molecule has 3 aromatic heterocycles. The number of carbonyl (C=O) groups is 2. The van der Waals surface area contributed by atoms with Crippen molar-refractivity contribution in [3.8, 4) is 0 Å². The molecule has 5 rings (SSSR count). The third-order valence-electron chi connectivity index (χ3n) is 6.98. The molecule has 4 heterocycles. The van der Waals surface area contributed by atoms with Gasteiger partial charge in [0.15, 0.2) is 11.2 Å². The Morgan fingerprint density at radius 2 is 1.63 bits per heavy atom. The monoisotopic (exact) mass is 610 g/mol. The van der Waals surface area contributed by atoms with Crippen LogP contribution in [0.15, 0.2) is 39.9 Å². The van der Waals surface area contributed by atoms with E-state index in [0.717, 1.165) is 10.1 Å². The topological polar surface area (TPSA) is 123 Å². The molecule has 0 fully saturated rings. The third-order valence-corrected chi connectivity index (χ3v) is 7.31. The predicted molar refractivity (Wildman–Crippen MR) is 164 cm³/mol. The van der Waals surface area contributed by atoms with Crippen molar-refractivity contribution in [3.63, 3.8) is 0 Å². The van der Waals surface area contributed by atoms with Crippen molar-refractivity contribution < 1.29 is 19.1 Å². The van der Waals surface area contributed by atoms with E-state index in [4.69, 9.17) is 21.1 Å². The molecule has 1 amide bonds. The van der Waals surface area contributed by atoms with Crippen molar-refractivity contribution in [2.24, 2.45) is 14.1 Å². The normalized spacial score (nSPS) is 14.1. The van der Waals surface area contributed by atoms with Crippen LogP contribution in [-0.4, -0.2) is 64.6 Å². The molecule has 1 aliphatic rings. The summed E-state index contributed by atoms with van der Waals surface area (Å²) in [5.41, 5.74) is -0.627. The van der Waals surface area contributed by atoms with Gasteiger partial charge < -0.3 is 18.9 Å². The molecule has 4 aromatic rings. The Morgan fingerprint density at radius 3 is 2.28 bits per heavy atom. The number of nitrogens with zero attached hydrogens (tertiary/aromatic N) is 6. The Hall–Kier alpha value is -4.32. The molecule has 0 saturated carbocycles. The molecule has 1 aliphatic heterocycles. The molecular formula is C30H35ClN6O6. The summed E-state index contributed by atoms with van der Waals surface area (Å²) < 4.78 is 16.5. The Bertz CT molecular complexity index is 1950. The van der Waals surface area contributed by atoms with Gasteiger partial charge in [-0.15, -0.1) is 0 Å². The number of hydrogen-bond donors (Lipinski definition) is 0. The number of halogens is 1. The van der Waals surface area contributed by atoms with Crippen LogP contribution in [0.25, 0.3) is 27.6 Å². The fourth-order valence-corrected chi connectivity index (χ4v) is 5.33. The zero-order chi connectivity index (χ0) is 31.6. The van der Waals surface area contributed by atoms with Gasteiger partial charge in [0, 0.05) is 36.6 Å². The molecule has 0 aliphatic carbocycles. The summed E-state index contributed by atoms with van der Waals surface area (Å²) in [6.07, 6.45) is 0.745. The zero-order valence-electron chi connectivity index (χ0n) is 25.5. The lowest BCUT2D eigenvalue weighted by Crippen LogP contribution is -2.40. The van der Waals surface area contributed by atoms with E-state index in [2.05, 4.69) is 4.98 Å². The minimum Gasteiger partial charge on any atom is -0.444 e. The highest BCUT2D eigenvalue weighted by Gasteiger charge is 2.29. The second-order valence-corrected chi connectivity index (χ2v) is 13.0. The van der Waals surface area contributed by atoms with Crippen LogP contribution in [0.4, 0.5) is 9.59 Å². The van der Waals surface area contributed by atoms with Gasteiger partial charge in [0.1, 0.15) is 17.0 Å². The molecule has 1 aromatic carbocycles. The van der Waals surface area contributed by atoms with E-state index in [1.54, 1.807) is 77.4 Å². The van der Waals surface area contributed by atoms with Crippen molar-refractivity contribution in [1.82, 2.24) is 28.2 Å². The maximum absolute atomic E-state index is 13.9. The Labute approximate surface area is 252 Å². The SMILES string of the molecule is Cn1c(C2=CCN(C(=O)OC(C)(C)C)C2)nc2c1c(=O)n(Cc1cc3c(Cl)cccc3n1C(=O)OC(C)(C)C)c(=O)n2C. The number of imidazole rings is 1. The van der Waals surface area contributed by atoms with E-state index in [-0.39, 0.29) is 24.3 Å². The largest absolute Gasteiger partial charge is 0.444 e. The second kappa shape index (κ2) is 10.4. The van der Waals surface area contributed by atoms with Crippen molar-refractivity contribution in [2.75, 3.05) is 13.1 Å². The van der Waals surface area contributed by atoms with Crippen LogP contribution in [0.3, 0.4) is 0 Å². The summed E-state index contributed by atoms with van der Waals surface area (Å²) in [5, 5.41) is 1.000. The lowest BCUT2D eigenvalue weighted by atomic mass is 10.2. The molecule has 0 unspecified atom stereocenters. The molecule has 0 radical (unpaired) electrons. The number of aryl methyl sites for hydroxylation is 2. The van der Waals surface area contributed by atoms with Gasteiger partial charge in [-0.1, -0.05) is 23.7 Å². The van der Waals surface area contributed by atoms with Gasteiger partial charge in [0.2, 0.25) is 0 Å². The van der Waals surface area contributed by atoms with Gasteiger partial charge in [0.05, 0.1) is 24.3 Å². The van der Waals surface area contributed by atoms with Crippen LogP contribution < -0.4 is 11.2 Å². The van der Waals surface area contributed by atoms with E-state index >= 15 is 0 Å². The van der Waals surface area contributed by atoms with Gasteiger partial charge in [-0.2, -0.15) is 0 Å². The van der Waals surface area contributed by atoms with Gasteiger partial charge >= 0.3 is 17.9 Å². The molecule has 228 valence electrons. The predicted octanol–water partition coefficient (Wildman–Crippen LogP) is 4.51. The molecule has 0 saturated heterocycles. The number of rotatable bonds is 3. The number of amides is 1. The Kier molecular flexibility index (Phi) is 7.32. The number of aromatic nitrogens is 5. The van der Waals surface area contributed by atoms with Gasteiger partial charge in [-0.25, -0.2) is 23.9 Å². The highest BCUT2D eigenvalue weighted by atomic mass is 35.5. The van der Waals surface area contributed by atoms with Gasteiger partial charge in [-0.05, 0) is 59.7 Å². The van der Waals surface area contributed by atoms with E-state index in [9.17, 15) is 19.2 Å². The average Bonchev–Trinajstić information content (AvgIpc) is 3.59. The maximum Gasteiger partial charge on any atom is 0.419 e. The van der Waals surface area contributed by atoms with Crippen LogP contribution >= 0.6 is 11.6 Å². The van der Waals surface area contributed by atoms with Crippen molar-refractivity contribution in [1.29, 1.82) is 0 Å². The summed E-state index contributed by atoms with van der Waals surface area (Å²) in [7, 11) is 3.23. The van der Waals surface area contributed by atoms with Gasteiger partial charge in [-0.3, -0.25) is 13.9 Å². The molecule has 12 nitrogen and oxygen atoms in total. The summed E-state index contributed by atoms with van der Waals surface area (Å²) in [6.45, 7) is 11.0. The fourth-order valence-electron chi connectivity index (χ4n) is 5.10. The highest BCUT2D eigenvalue weighted by Crippen LogP contribution is 2.29. The molecule has 43 heavy (non-hydrogen) atoms. The first-order valence-corrected chi connectivity index (χ1v) is 14.2. The lowest BCUT2D eigenvalue weighted by Gasteiger charge is -2.24. The summed E-state index contributed by atoms with van der Waals surface area (Å²) in [6, 6.07) is 6.82. The lowest BCUT2D eigenvalue weighted by molar-refractivity contribution is 0.0305. The first-order chi connectivity index (χ1) is 20.0. The Morgan fingerprint density at radius 1 is 0.977 bits per heavy atom. The number of benzene rings is 1. The Balaban J connectivity index is 1.58. The van der Waals surface area contributed by atoms with Crippen molar-refractivity contribution in [3.05, 3.63) is 67.7 Å². The first kappa shape index (κ1) is 30.1. The summed E-state index contributed by atoms with van der Waals surface area (Å²) in [4.78, 5) is 59.6. The van der Waals surface area contributed by atoms with Crippen LogP contribution in [0.5, 0.6) is 0 Å². The van der Waals surface area contributed by atoms with Crippen LogP contribution in [0, 0.1) is 0 Å². The zero-order valence-corrected chi connectivity index (χ0v) is 26.3. The molecular weight excluding hydrogens is 576 g/mol. The number of hydrogen-bond acceptors (Lipinski definition) is 7. The van der Waals surface area contributed by atoms with E-state index in [0.29, 0.717) is 34.0 Å². The summed E-state index contributed by atoms with van der Waals surface area (Å²) in [5.74, 6) is 0.459. The van der Waals surface area contributed by atoms with Crippen molar-refractivity contribution in [2.45, 2.75) is 59.3 Å². The third kappa shape index (κ3) is 5.58. The molecule has 0 bridgehead atoms. The van der Waals surface area contributed by atoms with E-state index < -0.39 is 34.6 Å². The van der Waals surface area contributed by atoms with Crippen LogP contribution in [0.1, 0.15) is 53.1 Å². The summed E-state index contributed by atoms with van der Waals surface area (Å²) >= 11 is 6.45.